The van der Waals surface area contributed by atoms with Crippen LogP contribution >= 0.6 is 0 Å². The minimum Gasteiger partial charge on any atom is -0.355 e. The van der Waals surface area contributed by atoms with Crippen molar-refractivity contribution in [3.05, 3.63) is 74.9 Å². The lowest BCUT2D eigenvalue weighted by atomic mass is 9.93. The van der Waals surface area contributed by atoms with Crippen LogP contribution in [-0.2, 0) is 25.7 Å². The molecule has 4 nitrogen and oxygen atoms in total. The van der Waals surface area contributed by atoms with Crippen molar-refractivity contribution in [2.75, 3.05) is 0 Å². The van der Waals surface area contributed by atoms with Gasteiger partial charge >= 0.3 is 0 Å². The van der Waals surface area contributed by atoms with Crippen molar-refractivity contribution in [1.29, 1.82) is 0 Å². The molecule has 0 unspecified atom stereocenters. The maximum atomic E-state index is 5.80. The molecule has 0 radical (unpaired) electrons. The minimum absolute atomic E-state index is 0.893. The topological polar surface area (TPSA) is 57.4 Å². The SMILES string of the molecule is C#C/C=C/c1c2nc(cc3[nH]c(cc4[nH]c(cc5nc1C(CC)=C5CC)c(CC)c4CC)c(CC)c3CC)C(CC)=C2CC. The van der Waals surface area contributed by atoms with Gasteiger partial charge in [0.1, 0.15) is 0 Å². The molecule has 0 aromatic carbocycles. The van der Waals surface area contributed by atoms with Crippen molar-refractivity contribution >= 4 is 50.4 Å². The Labute approximate surface area is 263 Å². The molecule has 0 spiro atoms. The molecule has 2 aliphatic rings. The van der Waals surface area contributed by atoms with Gasteiger partial charge in [0.25, 0.3) is 0 Å². The van der Waals surface area contributed by atoms with Crippen LogP contribution in [-0.4, -0.2) is 19.9 Å². The van der Waals surface area contributed by atoms with E-state index in [-0.39, 0.29) is 0 Å². The third-order valence-corrected chi connectivity index (χ3v) is 9.49. The van der Waals surface area contributed by atoms with Gasteiger partial charge in [-0.1, -0.05) is 61.3 Å². The summed E-state index contributed by atoms with van der Waals surface area (Å²) in [6, 6.07) is 6.93. The standard InChI is InChI=1S/C40H48N4/c1-10-19-20-32-39-30(17-8)28(15-6)37(43-39)22-35-26(13-4)24(11-2)33(41-35)21-34-25(12-3)27(14-5)36(42-34)23-38-29(16-7)31(18-9)40(32)44-38/h1,19-23,41-42H,11-18H2,2-9H3/b20-19+,33-21?,34-21?,35-22?,36-23?,37-22?,38-23?,39-32?,40-32?. The quantitative estimate of drug-likeness (QED) is 0.246. The van der Waals surface area contributed by atoms with Gasteiger partial charge in [-0.25, -0.2) is 9.97 Å². The summed E-state index contributed by atoms with van der Waals surface area (Å²) in [5.41, 5.74) is 20.5. The molecule has 0 saturated heterocycles. The normalized spacial score (nSPS) is 13.4. The molecule has 3 aromatic rings. The van der Waals surface area contributed by atoms with Gasteiger partial charge in [0.05, 0.1) is 22.8 Å². The number of aromatic nitrogens is 4. The smallest absolute Gasteiger partial charge is 0.0766 e. The van der Waals surface area contributed by atoms with Crippen LogP contribution in [0.25, 0.3) is 50.4 Å². The molecule has 3 aromatic heterocycles. The molecule has 2 N–H and O–H groups in total. The van der Waals surface area contributed by atoms with E-state index in [1.54, 1.807) is 6.08 Å². The Hall–Kier alpha value is -4.10. The van der Waals surface area contributed by atoms with Crippen LogP contribution in [0.15, 0.2) is 24.3 Å². The molecular weight excluding hydrogens is 536 g/mol. The highest BCUT2D eigenvalue weighted by Gasteiger charge is 2.26. The Bertz CT molecular complexity index is 1770. The van der Waals surface area contributed by atoms with E-state index in [9.17, 15) is 0 Å². The van der Waals surface area contributed by atoms with Crippen molar-refractivity contribution in [2.45, 2.75) is 107 Å². The van der Waals surface area contributed by atoms with Crippen LogP contribution in [0.1, 0.15) is 132 Å². The van der Waals surface area contributed by atoms with E-state index in [4.69, 9.17) is 16.4 Å². The molecule has 8 bridgehead atoms. The van der Waals surface area contributed by atoms with Gasteiger partial charge < -0.3 is 9.97 Å². The lowest BCUT2D eigenvalue weighted by molar-refractivity contribution is 1.07. The zero-order valence-electron chi connectivity index (χ0n) is 28.0. The van der Waals surface area contributed by atoms with Crippen LogP contribution in [0.4, 0.5) is 0 Å². The van der Waals surface area contributed by atoms with E-state index in [2.05, 4.69) is 95.6 Å². The number of fused-ring (bicyclic) bond motifs is 8. The first kappa shape index (κ1) is 31.3. The molecule has 0 aliphatic carbocycles. The third-order valence-electron chi connectivity index (χ3n) is 9.49. The highest BCUT2D eigenvalue weighted by molar-refractivity contribution is 6.00. The van der Waals surface area contributed by atoms with Crippen molar-refractivity contribution in [1.82, 2.24) is 19.9 Å². The molecule has 4 heteroatoms. The first-order valence-electron chi connectivity index (χ1n) is 16.8. The number of nitrogens with zero attached hydrogens (tertiary/aromatic N) is 2. The van der Waals surface area contributed by atoms with E-state index in [1.165, 1.54) is 55.6 Å². The molecule has 0 saturated carbocycles. The van der Waals surface area contributed by atoms with Crippen LogP contribution in [0.3, 0.4) is 0 Å². The lowest BCUT2D eigenvalue weighted by Crippen LogP contribution is -1.94. The number of aromatic amines is 2. The van der Waals surface area contributed by atoms with Crippen LogP contribution in [0.5, 0.6) is 0 Å². The van der Waals surface area contributed by atoms with Gasteiger partial charge in [0, 0.05) is 27.6 Å². The molecule has 5 heterocycles. The van der Waals surface area contributed by atoms with Gasteiger partial charge in [-0.2, -0.15) is 0 Å². The summed E-state index contributed by atoms with van der Waals surface area (Å²) in [5, 5.41) is 0. The predicted molar refractivity (Wildman–Crippen MR) is 191 cm³/mol. The molecule has 0 amide bonds. The van der Waals surface area contributed by atoms with E-state index in [0.29, 0.717) is 0 Å². The minimum atomic E-state index is 0.893. The molecule has 5 rings (SSSR count). The Kier molecular flexibility index (Phi) is 9.45. The maximum absolute atomic E-state index is 5.80. The number of hydrogen-bond acceptors (Lipinski definition) is 2. The summed E-state index contributed by atoms with van der Waals surface area (Å²) < 4.78 is 0. The molecule has 2 aliphatic heterocycles. The van der Waals surface area contributed by atoms with Gasteiger partial charge in [-0.15, -0.1) is 6.42 Å². The summed E-state index contributed by atoms with van der Waals surface area (Å²) in [5.74, 6) is 2.74. The van der Waals surface area contributed by atoms with Crippen molar-refractivity contribution < 1.29 is 0 Å². The lowest BCUT2D eigenvalue weighted by Gasteiger charge is -2.09. The largest absolute Gasteiger partial charge is 0.355 e. The number of allylic oxidation sites excluding steroid dienone is 5. The second-order valence-electron chi connectivity index (χ2n) is 11.6. The Morgan fingerprint density at radius 3 is 1.23 bits per heavy atom. The Morgan fingerprint density at radius 1 is 0.545 bits per heavy atom. The Morgan fingerprint density at radius 2 is 0.909 bits per heavy atom. The summed E-state index contributed by atoms with van der Waals surface area (Å²) in [7, 11) is 0. The number of nitrogens with one attached hydrogen (secondary N) is 2. The van der Waals surface area contributed by atoms with Gasteiger partial charge in [-0.05, 0) is 126 Å². The third kappa shape index (κ3) is 5.17. The van der Waals surface area contributed by atoms with Crippen LogP contribution in [0, 0.1) is 12.3 Å². The fourth-order valence-corrected chi connectivity index (χ4v) is 7.51. The van der Waals surface area contributed by atoms with Crippen LogP contribution in [0.2, 0.25) is 0 Å². The summed E-state index contributed by atoms with van der Waals surface area (Å²) in [6.07, 6.45) is 17.1. The number of rotatable bonds is 9. The van der Waals surface area contributed by atoms with Gasteiger partial charge in [0.15, 0.2) is 0 Å². The second kappa shape index (κ2) is 13.3. The predicted octanol–water partition coefficient (Wildman–Crippen LogP) is 10.7. The number of aryl methyl sites for hydroxylation is 4. The fourth-order valence-electron chi connectivity index (χ4n) is 7.51. The molecule has 0 fully saturated rings. The first-order chi connectivity index (χ1) is 21.4. The van der Waals surface area contributed by atoms with Gasteiger partial charge in [-0.3, -0.25) is 0 Å². The van der Waals surface area contributed by atoms with Crippen molar-refractivity contribution in [3.63, 3.8) is 0 Å². The maximum Gasteiger partial charge on any atom is 0.0766 e. The van der Waals surface area contributed by atoms with Crippen molar-refractivity contribution in [2.24, 2.45) is 0 Å². The molecule has 44 heavy (non-hydrogen) atoms. The average molecular weight is 585 g/mol. The second-order valence-corrected chi connectivity index (χ2v) is 11.6. The summed E-state index contributed by atoms with van der Waals surface area (Å²) >= 11 is 0. The zero-order valence-corrected chi connectivity index (χ0v) is 28.0. The average Bonchev–Trinajstić information content (AvgIpc) is 3.76. The number of terminal acetylenes is 1. The Balaban J connectivity index is 2.12. The van der Waals surface area contributed by atoms with Crippen LogP contribution < -0.4 is 0 Å². The summed E-state index contributed by atoms with van der Waals surface area (Å²) in [6.45, 7) is 18.0. The van der Waals surface area contributed by atoms with Crippen molar-refractivity contribution in [3.8, 4) is 12.3 Å². The first-order valence-corrected chi connectivity index (χ1v) is 16.8. The highest BCUT2D eigenvalue weighted by atomic mass is 14.8. The fraction of sp³-hybridized carbons (Fsp3) is 0.400. The van der Waals surface area contributed by atoms with Gasteiger partial charge in [0.2, 0.25) is 0 Å². The van der Waals surface area contributed by atoms with E-state index in [1.807, 2.05) is 0 Å². The molecule has 228 valence electrons. The number of H-pyrrole nitrogens is 2. The van der Waals surface area contributed by atoms with E-state index >= 15 is 0 Å². The number of hydrogen-bond donors (Lipinski definition) is 2. The highest BCUT2D eigenvalue weighted by Crippen LogP contribution is 2.42. The van der Waals surface area contributed by atoms with E-state index in [0.717, 1.165) is 90.7 Å². The zero-order chi connectivity index (χ0) is 31.5. The molecule has 0 atom stereocenters. The van der Waals surface area contributed by atoms with E-state index < -0.39 is 0 Å². The monoisotopic (exact) mass is 584 g/mol. The summed E-state index contributed by atoms with van der Waals surface area (Å²) in [4.78, 5) is 18.5. The molecular formula is C40H48N4.